The van der Waals surface area contributed by atoms with E-state index in [-0.39, 0.29) is 18.8 Å². The summed E-state index contributed by atoms with van der Waals surface area (Å²) in [7, 11) is 0. The van der Waals surface area contributed by atoms with Gasteiger partial charge in [-0.2, -0.15) is 0 Å². The fraction of sp³-hybridized carbons (Fsp3) is 1.00. The molecule has 1 rings (SSSR count). The van der Waals surface area contributed by atoms with Crippen LogP contribution in [-0.4, -0.2) is 60.9 Å². The second-order valence-corrected chi connectivity index (χ2v) is 4.14. The number of hydrogen-bond acceptors (Lipinski definition) is 6. The lowest BCUT2D eigenvalue weighted by Crippen LogP contribution is -2.34. The van der Waals surface area contributed by atoms with Crippen LogP contribution in [0, 0.1) is 0 Å². The molecule has 0 radical (unpaired) electrons. The molecular weight excluding hydrogens is 212 g/mol. The van der Waals surface area contributed by atoms with Crippen molar-refractivity contribution in [3.63, 3.8) is 0 Å². The van der Waals surface area contributed by atoms with Crippen molar-refractivity contribution in [2.75, 3.05) is 26.4 Å². The third-order valence-corrected chi connectivity index (χ3v) is 2.70. The van der Waals surface area contributed by atoms with E-state index in [0.717, 1.165) is 0 Å². The van der Waals surface area contributed by atoms with Crippen molar-refractivity contribution >= 4 is 0 Å². The molecule has 1 aliphatic rings. The number of aliphatic hydroxyl groups is 2. The van der Waals surface area contributed by atoms with Crippen LogP contribution in [0.25, 0.3) is 0 Å². The topological polar surface area (TPSA) is 111 Å². The van der Waals surface area contributed by atoms with Gasteiger partial charge in [-0.15, -0.1) is 0 Å². The molecule has 2 unspecified atom stereocenters. The van der Waals surface area contributed by atoms with E-state index in [1.165, 1.54) is 0 Å². The van der Waals surface area contributed by atoms with Crippen LogP contribution < -0.4 is 11.5 Å². The summed E-state index contributed by atoms with van der Waals surface area (Å²) in [5.41, 5.74) is 10.9. The van der Waals surface area contributed by atoms with Gasteiger partial charge in [0.05, 0.1) is 25.4 Å². The molecule has 6 heteroatoms. The first-order valence-electron chi connectivity index (χ1n) is 5.65. The fourth-order valence-corrected chi connectivity index (χ4v) is 1.68. The van der Waals surface area contributed by atoms with Crippen molar-refractivity contribution in [1.29, 1.82) is 0 Å². The van der Waals surface area contributed by atoms with Crippen LogP contribution in [0.3, 0.4) is 0 Å². The molecule has 0 aromatic rings. The van der Waals surface area contributed by atoms with Crippen molar-refractivity contribution in [2.24, 2.45) is 11.5 Å². The summed E-state index contributed by atoms with van der Waals surface area (Å²) < 4.78 is 10.7. The van der Waals surface area contributed by atoms with Gasteiger partial charge in [0.15, 0.2) is 0 Å². The van der Waals surface area contributed by atoms with Gasteiger partial charge in [0, 0.05) is 25.6 Å². The van der Waals surface area contributed by atoms with E-state index in [2.05, 4.69) is 0 Å². The number of nitrogens with two attached hydrogens (primary N) is 2. The lowest BCUT2D eigenvalue weighted by Gasteiger charge is -2.13. The Balaban J connectivity index is 2.06. The fourth-order valence-electron chi connectivity index (χ4n) is 1.68. The van der Waals surface area contributed by atoms with E-state index in [9.17, 15) is 5.11 Å². The average Bonchev–Trinajstić information content (AvgIpc) is 2.64. The van der Waals surface area contributed by atoms with Crippen LogP contribution in [0.5, 0.6) is 0 Å². The smallest absolute Gasteiger partial charge is 0.107 e. The highest BCUT2D eigenvalue weighted by molar-refractivity contribution is 4.81. The third kappa shape index (κ3) is 4.32. The van der Waals surface area contributed by atoms with E-state index in [4.69, 9.17) is 26.0 Å². The summed E-state index contributed by atoms with van der Waals surface area (Å²) in [6.45, 7) is 1.24. The first kappa shape index (κ1) is 13.8. The molecule has 1 heterocycles. The first-order valence-corrected chi connectivity index (χ1v) is 5.65. The number of ether oxygens (including phenoxy) is 2. The Bertz CT molecular complexity index is 194. The molecule has 6 nitrogen and oxygen atoms in total. The van der Waals surface area contributed by atoms with E-state index >= 15 is 0 Å². The van der Waals surface area contributed by atoms with Gasteiger partial charge in [0.1, 0.15) is 6.10 Å². The van der Waals surface area contributed by atoms with Crippen LogP contribution in [0.4, 0.5) is 0 Å². The predicted molar refractivity (Wildman–Crippen MR) is 58.8 cm³/mol. The Morgan fingerprint density at radius 3 is 2.81 bits per heavy atom. The zero-order valence-corrected chi connectivity index (χ0v) is 9.42. The van der Waals surface area contributed by atoms with E-state index < -0.39 is 12.2 Å². The number of rotatable bonds is 7. The van der Waals surface area contributed by atoms with Gasteiger partial charge in [0.25, 0.3) is 0 Å². The Hall–Kier alpha value is -0.240. The lowest BCUT2D eigenvalue weighted by atomic mass is 10.1. The van der Waals surface area contributed by atoms with Gasteiger partial charge in [-0.3, -0.25) is 0 Å². The molecule has 0 spiro atoms. The molecule has 16 heavy (non-hydrogen) atoms. The van der Waals surface area contributed by atoms with Crippen molar-refractivity contribution in [1.82, 2.24) is 0 Å². The molecule has 0 aromatic heterocycles. The van der Waals surface area contributed by atoms with Crippen LogP contribution >= 0.6 is 0 Å². The molecular formula is C10H22N2O4. The van der Waals surface area contributed by atoms with Crippen molar-refractivity contribution in [3.05, 3.63) is 0 Å². The number of hydrogen-bond donors (Lipinski definition) is 4. The van der Waals surface area contributed by atoms with Gasteiger partial charge in [-0.25, -0.2) is 0 Å². The van der Waals surface area contributed by atoms with Gasteiger partial charge < -0.3 is 31.2 Å². The Kier molecular flexibility index (Phi) is 6.18. The van der Waals surface area contributed by atoms with Crippen LogP contribution in [0.1, 0.15) is 12.8 Å². The third-order valence-electron chi connectivity index (χ3n) is 2.70. The molecule has 0 aromatic carbocycles. The molecule has 1 saturated heterocycles. The maximum atomic E-state index is 9.48. The van der Waals surface area contributed by atoms with Crippen LogP contribution in [0.15, 0.2) is 0 Å². The van der Waals surface area contributed by atoms with Crippen molar-refractivity contribution in [2.45, 2.75) is 37.2 Å². The van der Waals surface area contributed by atoms with E-state index in [1.807, 2.05) is 0 Å². The molecule has 96 valence electrons. The van der Waals surface area contributed by atoms with Gasteiger partial charge >= 0.3 is 0 Å². The molecule has 0 aliphatic carbocycles. The highest BCUT2D eigenvalue weighted by Gasteiger charge is 2.32. The van der Waals surface area contributed by atoms with Crippen LogP contribution in [0.2, 0.25) is 0 Å². The summed E-state index contributed by atoms with van der Waals surface area (Å²) in [4.78, 5) is 0. The maximum Gasteiger partial charge on any atom is 0.107 e. The largest absolute Gasteiger partial charge is 0.394 e. The normalized spacial score (nSPS) is 31.9. The van der Waals surface area contributed by atoms with Crippen molar-refractivity contribution < 1.29 is 19.7 Å². The highest BCUT2D eigenvalue weighted by Crippen LogP contribution is 2.22. The van der Waals surface area contributed by atoms with Gasteiger partial charge in [-0.1, -0.05) is 0 Å². The Morgan fingerprint density at radius 2 is 2.25 bits per heavy atom. The zero-order valence-electron chi connectivity index (χ0n) is 9.42. The minimum absolute atomic E-state index is 0.0405. The second-order valence-electron chi connectivity index (χ2n) is 4.14. The summed E-state index contributed by atoms with van der Waals surface area (Å²) in [5, 5.41) is 18.4. The average molecular weight is 234 g/mol. The van der Waals surface area contributed by atoms with Gasteiger partial charge in [0.2, 0.25) is 0 Å². The standard InChI is InChI=1S/C10H22N2O4/c11-4-7(12)6-15-2-1-8-3-9(14)10(5-13)16-8/h7-10,13-14H,1-6,11-12H2/t7?,8-,9?,10+/m0/s1. The Morgan fingerprint density at radius 1 is 1.50 bits per heavy atom. The zero-order chi connectivity index (χ0) is 12.0. The highest BCUT2D eigenvalue weighted by atomic mass is 16.5. The summed E-state index contributed by atoms with van der Waals surface area (Å²) in [6, 6.07) is -0.125. The molecule has 6 N–H and O–H groups in total. The molecule has 1 aliphatic heterocycles. The van der Waals surface area contributed by atoms with Gasteiger partial charge in [-0.05, 0) is 6.42 Å². The SMILES string of the molecule is NCC(N)COCC[C@H]1CC(O)[C@@H](CO)O1. The van der Waals surface area contributed by atoms with Crippen molar-refractivity contribution in [3.8, 4) is 0 Å². The second kappa shape index (κ2) is 7.16. The number of aliphatic hydroxyl groups excluding tert-OH is 2. The summed E-state index contributed by atoms with van der Waals surface area (Å²) in [6.07, 6.45) is 0.196. The maximum absolute atomic E-state index is 9.48. The predicted octanol–water partition coefficient (Wildman–Crippen LogP) is -1.81. The Labute approximate surface area is 95.5 Å². The molecule has 4 atom stereocenters. The van der Waals surface area contributed by atoms with E-state index in [0.29, 0.717) is 32.6 Å². The lowest BCUT2D eigenvalue weighted by molar-refractivity contribution is -0.0307. The summed E-state index contributed by atoms with van der Waals surface area (Å²) >= 11 is 0. The summed E-state index contributed by atoms with van der Waals surface area (Å²) in [5.74, 6) is 0. The van der Waals surface area contributed by atoms with Crippen LogP contribution in [-0.2, 0) is 9.47 Å². The van der Waals surface area contributed by atoms with E-state index in [1.54, 1.807) is 0 Å². The molecule has 0 saturated carbocycles. The quantitative estimate of drug-likeness (QED) is 0.386. The minimum Gasteiger partial charge on any atom is -0.394 e. The first-order chi connectivity index (χ1) is 7.67. The monoisotopic (exact) mass is 234 g/mol. The minimum atomic E-state index is -0.568. The molecule has 0 bridgehead atoms. The molecule has 0 amide bonds. The molecule has 1 fully saturated rings.